The lowest BCUT2D eigenvalue weighted by atomic mass is 10.00. The van der Waals surface area contributed by atoms with Crippen molar-refractivity contribution in [1.29, 1.82) is 0 Å². The van der Waals surface area contributed by atoms with Gasteiger partial charge in [0.1, 0.15) is 5.82 Å². The maximum absolute atomic E-state index is 13.6. The first-order valence-corrected chi connectivity index (χ1v) is 6.29. The van der Waals surface area contributed by atoms with Gasteiger partial charge in [-0.05, 0) is 12.0 Å². The third kappa shape index (κ3) is 4.98. The van der Waals surface area contributed by atoms with E-state index in [2.05, 4.69) is 19.2 Å². The largest absolute Gasteiger partial charge is 0.383 e. The molecule has 1 rings (SSSR count). The first-order chi connectivity index (χ1) is 8.65. The van der Waals surface area contributed by atoms with Gasteiger partial charge < -0.3 is 10.1 Å². The Morgan fingerprint density at radius 2 is 2.11 bits per heavy atom. The smallest absolute Gasteiger partial charge is 0.130 e. The van der Waals surface area contributed by atoms with Crippen LogP contribution in [0.3, 0.4) is 0 Å². The Bertz CT molecular complexity index is 388. The van der Waals surface area contributed by atoms with Gasteiger partial charge in [-0.25, -0.2) is 4.39 Å². The van der Waals surface area contributed by atoms with Gasteiger partial charge in [-0.1, -0.05) is 43.7 Å². The summed E-state index contributed by atoms with van der Waals surface area (Å²) in [6, 6.07) is 6.85. The quantitative estimate of drug-likeness (QED) is 0.752. The highest BCUT2D eigenvalue weighted by Crippen LogP contribution is 2.16. The molecule has 0 aromatic heterocycles. The lowest BCUT2D eigenvalue weighted by Gasteiger charge is -2.13. The molecule has 0 fully saturated rings. The van der Waals surface area contributed by atoms with Gasteiger partial charge in [0.05, 0.1) is 6.61 Å². The van der Waals surface area contributed by atoms with Crippen LogP contribution in [0.25, 0.3) is 6.08 Å². The van der Waals surface area contributed by atoms with Gasteiger partial charge in [-0.2, -0.15) is 0 Å². The zero-order valence-corrected chi connectivity index (χ0v) is 11.4. The molecule has 0 bridgehead atoms. The molecule has 100 valence electrons. The SMILES string of the molecule is COCCNCC(=Cc1ccccc1F)C(C)C. The molecule has 0 amide bonds. The van der Waals surface area contributed by atoms with Crippen molar-refractivity contribution in [1.82, 2.24) is 5.32 Å². The molecule has 0 aliphatic rings. The van der Waals surface area contributed by atoms with Crippen LogP contribution in [0, 0.1) is 11.7 Å². The fourth-order valence-corrected chi connectivity index (χ4v) is 1.62. The number of halogens is 1. The van der Waals surface area contributed by atoms with Crippen LogP contribution >= 0.6 is 0 Å². The molecule has 0 saturated heterocycles. The fourth-order valence-electron chi connectivity index (χ4n) is 1.62. The molecule has 0 spiro atoms. The molecule has 0 saturated carbocycles. The fraction of sp³-hybridized carbons (Fsp3) is 0.467. The standard InChI is InChI=1S/C15H22FNO/c1-12(2)14(11-17-8-9-18-3)10-13-6-4-5-7-15(13)16/h4-7,10,12,17H,8-9,11H2,1-3H3. The van der Waals surface area contributed by atoms with Crippen LogP contribution in [-0.4, -0.2) is 26.8 Å². The van der Waals surface area contributed by atoms with E-state index in [0.717, 1.165) is 13.1 Å². The van der Waals surface area contributed by atoms with Gasteiger partial charge in [0, 0.05) is 25.8 Å². The van der Waals surface area contributed by atoms with Crippen LogP contribution in [0.5, 0.6) is 0 Å². The van der Waals surface area contributed by atoms with Gasteiger partial charge in [0.25, 0.3) is 0 Å². The molecule has 18 heavy (non-hydrogen) atoms. The highest BCUT2D eigenvalue weighted by atomic mass is 19.1. The van der Waals surface area contributed by atoms with E-state index in [1.807, 2.05) is 12.1 Å². The summed E-state index contributed by atoms with van der Waals surface area (Å²) in [6.07, 6.45) is 1.93. The monoisotopic (exact) mass is 251 g/mol. The van der Waals surface area contributed by atoms with Crippen molar-refractivity contribution in [2.75, 3.05) is 26.8 Å². The normalized spacial score (nSPS) is 12.2. The van der Waals surface area contributed by atoms with E-state index in [9.17, 15) is 4.39 Å². The van der Waals surface area contributed by atoms with Gasteiger partial charge in [-0.3, -0.25) is 0 Å². The van der Waals surface area contributed by atoms with Crippen molar-refractivity contribution >= 4 is 6.08 Å². The van der Waals surface area contributed by atoms with Crippen LogP contribution in [0.1, 0.15) is 19.4 Å². The highest BCUT2D eigenvalue weighted by molar-refractivity contribution is 5.54. The number of rotatable bonds is 7. The van der Waals surface area contributed by atoms with Crippen molar-refractivity contribution in [3.05, 3.63) is 41.2 Å². The minimum absolute atomic E-state index is 0.174. The Balaban J connectivity index is 2.69. The minimum Gasteiger partial charge on any atom is -0.383 e. The van der Waals surface area contributed by atoms with Crippen molar-refractivity contribution in [2.45, 2.75) is 13.8 Å². The van der Waals surface area contributed by atoms with E-state index < -0.39 is 0 Å². The van der Waals surface area contributed by atoms with Crippen molar-refractivity contribution in [3.63, 3.8) is 0 Å². The van der Waals surface area contributed by atoms with Crippen LogP contribution in [0.4, 0.5) is 4.39 Å². The average molecular weight is 251 g/mol. The molecule has 3 heteroatoms. The highest BCUT2D eigenvalue weighted by Gasteiger charge is 2.05. The molecule has 0 unspecified atom stereocenters. The molecule has 0 atom stereocenters. The van der Waals surface area contributed by atoms with E-state index in [1.165, 1.54) is 11.6 Å². The zero-order chi connectivity index (χ0) is 13.4. The van der Waals surface area contributed by atoms with Gasteiger partial charge in [0.15, 0.2) is 0 Å². The summed E-state index contributed by atoms with van der Waals surface area (Å²) in [5.41, 5.74) is 1.84. The molecular weight excluding hydrogens is 229 g/mol. The maximum atomic E-state index is 13.6. The molecule has 0 radical (unpaired) electrons. The Morgan fingerprint density at radius 1 is 1.39 bits per heavy atom. The van der Waals surface area contributed by atoms with E-state index in [0.29, 0.717) is 18.1 Å². The van der Waals surface area contributed by atoms with Crippen LogP contribution in [-0.2, 0) is 4.74 Å². The number of hydrogen-bond acceptors (Lipinski definition) is 2. The second kappa shape index (κ2) is 8.01. The van der Waals surface area contributed by atoms with Crippen LogP contribution < -0.4 is 5.32 Å². The van der Waals surface area contributed by atoms with Crippen molar-refractivity contribution in [3.8, 4) is 0 Å². The second-order valence-electron chi connectivity index (χ2n) is 4.57. The molecular formula is C15H22FNO. The molecule has 0 heterocycles. The molecule has 2 nitrogen and oxygen atoms in total. The van der Waals surface area contributed by atoms with Crippen molar-refractivity contribution in [2.24, 2.45) is 5.92 Å². The number of ether oxygens (including phenoxy) is 1. The Labute approximate surface area is 109 Å². The Hall–Kier alpha value is -1.19. The van der Waals surface area contributed by atoms with E-state index in [1.54, 1.807) is 19.2 Å². The average Bonchev–Trinajstić information content (AvgIpc) is 2.35. The summed E-state index contributed by atoms with van der Waals surface area (Å²) in [4.78, 5) is 0. The lowest BCUT2D eigenvalue weighted by Crippen LogP contribution is -2.23. The van der Waals surface area contributed by atoms with Crippen LogP contribution in [0.15, 0.2) is 29.8 Å². The Kier molecular flexibility index (Phi) is 6.61. The third-order valence-corrected chi connectivity index (χ3v) is 2.80. The predicted molar refractivity (Wildman–Crippen MR) is 74.0 cm³/mol. The Morgan fingerprint density at radius 3 is 2.72 bits per heavy atom. The minimum atomic E-state index is -0.174. The van der Waals surface area contributed by atoms with Gasteiger partial charge >= 0.3 is 0 Å². The summed E-state index contributed by atoms with van der Waals surface area (Å²) >= 11 is 0. The van der Waals surface area contributed by atoms with E-state index >= 15 is 0 Å². The third-order valence-electron chi connectivity index (χ3n) is 2.80. The molecule has 1 aromatic rings. The topological polar surface area (TPSA) is 21.3 Å². The summed E-state index contributed by atoms with van der Waals surface area (Å²) < 4.78 is 18.6. The number of methoxy groups -OCH3 is 1. The number of nitrogens with one attached hydrogen (secondary N) is 1. The molecule has 0 aliphatic carbocycles. The first-order valence-electron chi connectivity index (χ1n) is 6.29. The second-order valence-corrected chi connectivity index (χ2v) is 4.57. The number of hydrogen-bond donors (Lipinski definition) is 1. The lowest BCUT2D eigenvalue weighted by molar-refractivity contribution is 0.200. The summed E-state index contributed by atoms with van der Waals surface area (Å²) in [6.45, 7) is 6.48. The zero-order valence-electron chi connectivity index (χ0n) is 11.4. The maximum Gasteiger partial charge on any atom is 0.130 e. The molecule has 0 aliphatic heterocycles. The van der Waals surface area contributed by atoms with Crippen LogP contribution in [0.2, 0.25) is 0 Å². The van der Waals surface area contributed by atoms with E-state index in [-0.39, 0.29) is 5.82 Å². The predicted octanol–water partition coefficient (Wildman–Crippen LogP) is 3.10. The summed E-state index contributed by atoms with van der Waals surface area (Å²) in [5.74, 6) is 0.215. The first kappa shape index (κ1) is 14.9. The van der Waals surface area contributed by atoms with Gasteiger partial charge in [-0.15, -0.1) is 0 Å². The van der Waals surface area contributed by atoms with Crippen molar-refractivity contribution < 1.29 is 9.13 Å². The van der Waals surface area contributed by atoms with Gasteiger partial charge in [0.2, 0.25) is 0 Å². The van der Waals surface area contributed by atoms with E-state index in [4.69, 9.17) is 4.74 Å². The summed E-state index contributed by atoms with van der Waals surface area (Å²) in [7, 11) is 1.68. The molecule has 1 N–H and O–H groups in total. The molecule has 1 aromatic carbocycles. The number of benzene rings is 1. The summed E-state index contributed by atoms with van der Waals surface area (Å²) in [5, 5.41) is 3.29.